The molecule has 0 saturated carbocycles. The van der Waals surface area contributed by atoms with E-state index in [1.54, 1.807) is 12.1 Å². The minimum atomic E-state index is -1.04. The lowest BCUT2D eigenvalue weighted by Crippen LogP contribution is -2.28. The van der Waals surface area contributed by atoms with Crippen molar-refractivity contribution in [3.8, 4) is 11.5 Å². The highest BCUT2D eigenvalue weighted by Crippen LogP contribution is 2.13. The highest BCUT2D eigenvalue weighted by Gasteiger charge is 2.14. The van der Waals surface area contributed by atoms with E-state index in [0.717, 1.165) is 0 Å². The van der Waals surface area contributed by atoms with Crippen LogP contribution in [0.5, 0.6) is 11.5 Å². The smallest absolute Gasteiger partial charge is 0.335 e. The largest absolute Gasteiger partial charge is 0.502 e. The highest BCUT2D eigenvalue weighted by molar-refractivity contribution is 5.96. The van der Waals surface area contributed by atoms with Gasteiger partial charge in [0.2, 0.25) is 0 Å². The first-order valence-electron chi connectivity index (χ1n) is 7.53. The predicted octanol–water partition coefficient (Wildman–Crippen LogP) is 0.988. The second-order valence-corrected chi connectivity index (χ2v) is 5.28. The molecule has 0 radical (unpaired) electrons. The number of hydrogen-bond donors (Lipinski definition) is 3. The number of nitrogens with one attached hydrogen (secondary N) is 1. The quantitative estimate of drug-likeness (QED) is 0.644. The molecule has 8 nitrogen and oxygen atoms in total. The topological polar surface area (TPSA) is 118 Å². The molecular weight excluding hydrogens is 328 g/mol. The van der Waals surface area contributed by atoms with Gasteiger partial charge in [-0.2, -0.15) is 0 Å². The van der Waals surface area contributed by atoms with Gasteiger partial charge in [0.1, 0.15) is 5.75 Å². The predicted molar refractivity (Wildman–Crippen MR) is 89.2 cm³/mol. The van der Waals surface area contributed by atoms with Crippen LogP contribution in [-0.4, -0.2) is 39.8 Å². The number of hydrogen-bond acceptors (Lipinski definition) is 5. The van der Waals surface area contributed by atoms with E-state index >= 15 is 0 Å². The molecule has 25 heavy (non-hydrogen) atoms. The maximum atomic E-state index is 12.0. The van der Waals surface area contributed by atoms with E-state index < -0.39 is 23.2 Å². The fourth-order valence-electron chi connectivity index (χ4n) is 2.08. The lowest BCUT2D eigenvalue weighted by molar-refractivity contribution is 0.0696. The average Bonchev–Trinajstić information content (AvgIpc) is 2.59. The van der Waals surface area contributed by atoms with Crippen LogP contribution in [0.2, 0.25) is 0 Å². The van der Waals surface area contributed by atoms with Crippen molar-refractivity contribution >= 4 is 11.9 Å². The maximum Gasteiger partial charge on any atom is 0.335 e. The number of carbonyl (C=O) groups excluding carboxylic acids is 1. The molecule has 1 amide bonds. The SMILES string of the molecule is Cn1ccc(C(=O)NCCCOc2cccc(C(=O)O)c2)c(O)c1=O. The van der Waals surface area contributed by atoms with Crippen LogP contribution in [0.4, 0.5) is 0 Å². The number of carboxylic acids is 1. The summed E-state index contributed by atoms with van der Waals surface area (Å²) in [6.45, 7) is 0.540. The molecule has 132 valence electrons. The summed E-state index contributed by atoms with van der Waals surface area (Å²) < 4.78 is 6.60. The summed E-state index contributed by atoms with van der Waals surface area (Å²) in [5.41, 5.74) is -0.598. The Kier molecular flexibility index (Phi) is 5.78. The van der Waals surface area contributed by atoms with Gasteiger partial charge >= 0.3 is 5.97 Å². The number of aromatic nitrogens is 1. The third kappa shape index (κ3) is 4.60. The first kappa shape index (κ1) is 18.1. The molecule has 3 N–H and O–H groups in total. The van der Waals surface area contributed by atoms with Crippen LogP contribution in [0.25, 0.3) is 0 Å². The van der Waals surface area contributed by atoms with Crippen molar-refractivity contribution < 1.29 is 24.5 Å². The Morgan fingerprint density at radius 3 is 2.76 bits per heavy atom. The summed E-state index contributed by atoms with van der Waals surface area (Å²) >= 11 is 0. The molecule has 8 heteroatoms. The number of carbonyl (C=O) groups is 2. The summed E-state index contributed by atoms with van der Waals surface area (Å²) in [5.74, 6) is -1.76. The van der Waals surface area contributed by atoms with E-state index in [0.29, 0.717) is 12.2 Å². The summed E-state index contributed by atoms with van der Waals surface area (Å²) in [6, 6.07) is 7.47. The molecule has 0 saturated heterocycles. The van der Waals surface area contributed by atoms with Crippen LogP contribution in [0, 0.1) is 0 Å². The van der Waals surface area contributed by atoms with Crippen molar-refractivity contribution in [2.45, 2.75) is 6.42 Å². The Bertz CT molecular complexity index is 843. The Balaban J connectivity index is 1.81. The first-order valence-corrected chi connectivity index (χ1v) is 7.53. The number of pyridine rings is 1. The van der Waals surface area contributed by atoms with Gasteiger partial charge in [0, 0.05) is 19.8 Å². The molecule has 2 aromatic rings. The summed E-state index contributed by atoms with van der Waals surface area (Å²) in [5, 5.41) is 21.2. The highest BCUT2D eigenvalue weighted by atomic mass is 16.5. The second-order valence-electron chi connectivity index (χ2n) is 5.28. The minimum absolute atomic E-state index is 0.0850. The fraction of sp³-hybridized carbons (Fsp3) is 0.235. The van der Waals surface area contributed by atoms with Gasteiger partial charge in [-0.3, -0.25) is 9.59 Å². The molecule has 2 rings (SSSR count). The minimum Gasteiger partial charge on any atom is -0.502 e. The van der Waals surface area contributed by atoms with Gasteiger partial charge in [-0.15, -0.1) is 0 Å². The Morgan fingerprint density at radius 1 is 1.28 bits per heavy atom. The number of rotatable bonds is 7. The number of nitrogens with zero attached hydrogens (tertiary/aromatic N) is 1. The van der Waals surface area contributed by atoms with E-state index in [-0.39, 0.29) is 24.3 Å². The molecule has 0 aliphatic carbocycles. The van der Waals surface area contributed by atoms with Gasteiger partial charge in [0.15, 0.2) is 5.75 Å². The van der Waals surface area contributed by atoms with Crippen molar-refractivity contribution in [1.29, 1.82) is 0 Å². The van der Waals surface area contributed by atoms with Crippen LogP contribution in [-0.2, 0) is 7.05 Å². The zero-order chi connectivity index (χ0) is 18.4. The van der Waals surface area contributed by atoms with E-state index in [2.05, 4.69) is 5.32 Å². The van der Waals surface area contributed by atoms with Gasteiger partial charge in [-0.1, -0.05) is 6.07 Å². The molecule has 1 heterocycles. The van der Waals surface area contributed by atoms with Crippen molar-refractivity contribution in [3.63, 3.8) is 0 Å². The number of benzene rings is 1. The monoisotopic (exact) mass is 346 g/mol. The number of aryl methyl sites for hydroxylation is 1. The number of aromatic carboxylic acids is 1. The molecular formula is C17H18N2O6. The molecule has 0 aliphatic rings. The Hall–Kier alpha value is -3.29. The van der Waals surface area contributed by atoms with Crippen LogP contribution in [0.3, 0.4) is 0 Å². The normalized spacial score (nSPS) is 10.3. The molecule has 1 aromatic carbocycles. The fourth-order valence-corrected chi connectivity index (χ4v) is 2.08. The lowest BCUT2D eigenvalue weighted by atomic mass is 10.2. The molecule has 1 aromatic heterocycles. The average molecular weight is 346 g/mol. The number of amides is 1. The summed E-state index contributed by atoms with van der Waals surface area (Å²) in [6.07, 6.45) is 1.87. The van der Waals surface area contributed by atoms with Crippen molar-refractivity contribution in [3.05, 3.63) is 58.0 Å². The molecule has 0 spiro atoms. The molecule has 0 unspecified atom stereocenters. The maximum absolute atomic E-state index is 12.0. The van der Waals surface area contributed by atoms with Crippen LogP contribution in [0.1, 0.15) is 27.1 Å². The third-order valence-electron chi connectivity index (χ3n) is 3.44. The van der Waals surface area contributed by atoms with Gasteiger partial charge in [-0.05, 0) is 30.7 Å². The lowest BCUT2D eigenvalue weighted by Gasteiger charge is -2.09. The van der Waals surface area contributed by atoms with Crippen LogP contribution >= 0.6 is 0 Å². The summed E-state index contributed by atoms with van der Waals surface area (Å²) in [4.78, 5) is 34.4. The zero-order valence-corrected chi connectivity index (χ0v) is 13.6. The van der Waals surface area contributed by atoms with Gasteiger partial charge in [0.25, 0.3) is 11.5 Å². The van der Waals surface area contributed by atoms with Crippen molar-refractivity contribution in [2.24, 2.45) is 7.05 Å². The first-order chi connectivity index (χ1) is 11.9. The van der Waals surface area contributed by atoms with Crippen LogP contribution in [0.15, 0.2) is 41.3 Å². The standard InChI is InChI=1S/C17H18N2O6/c1-19-8-6-13(14(20)16(19)22)15(21)18-7-3-9-25-12-5-2-4-11(10-12)17(23)24/h2,4-6,8,10,20H,3,7,9H2,1H3,(H,18,21)(H,23,24). The Labute approximate surface area is 143 Å². The van der Waals surface area contributed by atoms with E-state index in [9.17, 15) is 19.5 Å². The van der Waals surface area contributed by atoms with Crippen LogP contribution < -0.4 is 15.6 Å². The molecule has 0 aliphatic heterocycles. The van der Waals surface area contributed by atoms with E-state index in [1.807, 2.05) is 0 Å². The third-order valence-corrected chi connectivity index (χ3v) is 3.44. The zero-order valence-electron chi connectivity index (χ0n) is 13.6. The number of carboxylic acid groups (broad SMARTS) is 1. The van der Waals surface area contributed by atoms with Gasteiger partial charge < -0.3 is 24.8 Å². The molecule has 0 bridgehead atoms. The van der Waals surface area contributed by atoms with Crippen molar-refractivity contribution in [1.82, 2.24) is 9.88 Å². The van der Waals surface area contributed by atoms with Gasteiger partial charge in [-0.25, -0.2) is 4.79 Å². The van der Waals surface area contributed by atoms with Gasteiger partial charge in [0.05, 0.1) is 17.7 Å². The van der Waals surface area contributed by atoms with Crippen molar-refractivity contribution in [2.75, 3.05) is 13.2 Å². The number of aromatic hydroxyl groups is 1. The molecule has 0 fully saturated rings. The summed E-state index contributed by atoms with van der Waals surface area (Å²) in [7, 11) is 1.47. The second kappa shape index (κ2) is 8.00. The Morgan fingerprint density at radius 2 is 2.04 bits per heavy atom. The van der Waals surface area contributed by atoms with E-state index in [4.69, 9.17) is 9.84 Å². The number of ether oxygens (including phenoxy) is 1. The van der Waals surface area contributed by atoms with E-state index in [1.165, 1.54) is 36.0 Å². The molecule has 0 atom stereocenters.